The number of nitrogens with one attached hydrogen (secondary N) is 1. The first-order valence-corrected chi connectivity index (χ1v) is 15.1. The van der Waals surface area contributed by atoms with Gasteiger partial charge in [0.1, 0.15) is 11.4 Å². The maximum absolute atomic E-state index is 13.9. The molecule has 2 unspecified atom stereocenters. The molecule has 11 nitrogen and oxygen atoms in total. The van der Waals surface area contributed by atoms with Gasteiger partial charge in [0.05, 0.1) is 5.69 Å². The molecule has 2 aromatic carbocycles. The smallest absolute Gasteiger partial charge is 0.285 e. The number of aromatic amines is 1. The van der Waals surface area contributed by atoms with E-state index in [9.17, 15) is 15.0 Å². The Labute approximate surface area is 250 Å². The second-order valence-corrected chi connectivity index (χ2v) is 11.9. The molecule has 2 aliphatic rings. The fourth-order valence-electron chi connectivity index (χ4n) is 6.50. The molecule has 2 fully saturated rings. The zero-order valence-corrected chi connectivity index (χ0v) is 24.9. The highest BCUT2D eigenvalue weighted by atomic mass is 16.3. The van der Waals surface area contributed by atoms with Crippen molar-refractivity contribution in [3.63, 3.8) is 0 Å². The number of tetrazole rings is 1. The molecule has 0 amide bonds. The van der Waals surface area contributed by atoms with Gasteiger partial charge in [-0.3, -0.25) is 9.69 Å². The van der Waals surface area contributed by atoms with Crippen molar-refractivity contribution >= 4 is 11.4 Å². The Morgan fingerprint density at radius 1 is 0.977 bits per heavy atom. The Hall–Kier alpha value is -4.38. The van der Waals surface area contributed by atoms with Crippen LogP contribution in [0.3, 0.4) is 0 Å². The van der Waals surface area contributed by atoms with Gasteiger partial charge in [-0.2, -0.15) is 5.21 Å². The fourth-order valence-corrected chi connectivity index (χ4v) is 6.50. The number of hydrogen-bond acceptors (Lipinski definition) is 9. The van der Waals surface area contributed by atoms with E-state index < -0.39 is 5.56 Å². The molecule has 1 saturated carbocycles. The first kappa shape index (κ1) is 28.7. The number of phenols is 1. The van der Waals surface area contributed by atoms with Crippen LogP contribution in [0.2, 0.25) is 0 Å². The summed E-state index contributed by atoms with van der Waals surface area (Å²) in [6.07, 6.45) is 5.90. The maximum Gasteiger partial charge on any atom is 0.285 e. The summed E-state index contributed by atoms with van der Waals surface area (Å²) < 4.78 is 1.33. The molecular formula is C32H38N8O3. The van der Waals surface area contributed by atoms with E-state index in [4.69, 9.17) is 0 Å². The van der Waals surface area contributed by atoms with Crippen molar-refractivity contribution in [3.8, 4) is 17.3 Å². The molecule has 224 valence electrons. The number of para-hydroxylation sites is 1. The van der Waals surface area contributed by atoms with Gasteiger partial charge in [-0.05, 0) is 112 Å². The number of aromatic hydroxyl groups is 2. The molecule has 1 aliphatic carbocycles. The number of aryl methyl sites for hydroxylation is 2. The average molecular weight is 583 g/mol. The van der Waals surface area contributed by atoms with Gasteiger partial charge >= 0.3 is 0 Å². The second-order valence-electron chi connectivity index (χ2n) is 11.9. The molecule has 3 N–H and O–H groups in total. The molecule has 2 aromatic heterocycles. The van der Waals surface area contributed by atoms with Crippen LogP contribution < -0.4 is 5.56 Å². The summed E-state index contributed by atoms with van der Waals surface area (Å²) in [7, 11) is 0. The van der Waals surface area contributed by atoms with E-state index >= 15 is 0 Å². The Morgan fingerprint density at radius 3 is 2.51 bits per heavy atom. The van der Waals surface area contributed by atoms with E-state index in [1.54, 1.807) is 6.07 Å². The standard InChI is InChI=1S/C32H38N8O3/c1-19-12-13-24(16-20(19)2)40-31(42)26(18-39-14-4-5-15-39)21(3)28(32(40)43)34-33-27-11-7-10-25(29(27)41)22-8-6-9-23(17-22)30-35-37-38-36-30/h7,10-13,16,22-23,41-42H,4-6,8-9,14-15,17-18H2,1-3H3,(H,35,36,37,38). The van der Waals surface area contributed by atoms with Gasteiger partial charge in [-0.25, -0.2) is 4.57 Å². The Kier molecular flexibility index (Phi) is 8.07. The summed E-state index contributed by atoms with van der Waals surface area (Å²) in [5.74, 6) is 0.965. The summed E-state index contributed by atoms with van der Waals surface area (Å²) in [6, 6.07) is 11.1. The zero-order valence-electron chi connectivity index (χ0n) is 24.9. The summed E-state index contributed by atoms with van der Waals surface area (Å²) in [5, 5.41) is 46.2. The average Bonchev–Trinajstić information content (AvgIpc) is 3.73. The van der Waals surface area contributed by atoms with Crippen molar-refractivity contribution in [2.75, 3.05) is 13.1 Å². The summed E-state index contributed by atoms with van der Waals surface area (Å²) in [4.78, 5) is 16.2. The number of pyridine rings is 1. The van der Waals surface area contributed by atoms with E-state index in [0.717, 1.165) is 68.3 Å². The zero-order chi connectivity index (χ0) is 30.1. The van der Waals surface area contributed by atoms with Gasteiger partial charge in [-0.15, -0.1) is 20.4 Å². The molecule has 0 spiro atoms. The summed E-state index contributed by atoms with van der Waals surface area (Å²) >= 11 is 0. The maximum atomic E-state index is 13.9. The van der Waals surface area contributed by atoms with Crippen molar-refractivity contribution in [3.05, 3.63) is 80.4 Å². The van der Waals surface area contributed by atoms with E-state index in [-0.39, 0.29) is 29.2 Å². The molecule has 0 bridgehead atoms. The number of phenolic OH excluding ortho intramolecular Hbond substituents is 1. The van der Waals surface area contributed by atoms with Crippen LogP contribution in [-0.2, 0) is 6.54 Å². The van der Waals surface area contributed by atoms with Crippen molar-refractivity contribution < 1.29 is 10.2 Å². The van der Waals surface area contributed by atoms with Gasteiger partial charge < -0.3 is 10.2 Å². The number of aromatic nitrogens is 5. The minimum Gasteiger partial charge on any atom is -0.505 e. The van der Waals surface area contributed by atoms with Gasteiger partial charge in [0, 0.05) is 18.0 Å². The molecule has 1 saturated heterocycles. The lowest BCUT2D eigenvalue weighted by Crippen LogP contribution is -2.25. The van der Waals surface area contributed by atoms with Gasteiger partial charge in [-0.1, -0.05) is 29.8 Å². The van der Waals surface area contributed by atoms with Crippen molar-refractivity contribution in [1.29, 1.82) is 0 Å². The largest absolute Gasteiger partial charge is 0.505 e. The van der Waals surface area contributed by atoms with E-state index in [1.165, 1.54) is 4.57 Å². The normalized spacial score (nSPS) is 19.4. The van der Waals surface area contributed by atoms with Crippen molar-refractivity contribution in [1.82, 2.24) is 30.1 Å². The van der Waals surface area contributed by atoms with Crippen LogP contribution in [0.5, 0.6) is 11.6 Å². The third kappa shape index (κ3) is 5.69. The van der Waals surface area contributed by atoms with Crippen LogP contribution in [0.25, 0.3) is 5.69 Å². The summed E-state index contributed by atoms with van der Waals surface area (Å²) in [6.45, 7) is 8.18. The predicted molar refractivity (Wildman–Crippen MR) is 163 cm³/mol. The highest BCUT2D eigenvalue weighted by Crippen LogP contribution is 2.45. The van der Waals surface area contributed by atoms with E-state index in [1.807, 2.05) is 51.1 Å². The first-order chi connectivity index (χ1) is 20.8. The van der Waals surface area contributed by atoms with E-state index in [2.05, 4.69) is 35.8 Å². The lowest BCUT2D eigenvalue weighted by molar-refractivity contribution is 0.319. The van der Waals surface area contributed by atoms with E-state index in [0.29, 0.717) is 34.9 Å². The number of rotatable bonds is 7. The predicted octanol–water partition coefficient (Wildman–Crippen LogP) is 6.14. The molecule has 43 heavy (non-hydrogen) atoms. The van der Waals surface area contributed by atoms with Gasteiger partial charge in [0.15, 0.2) is 11.5 Å². The Balaban J connectivity index is 1.38. The minimum atomic E-state index is -0.460. The van der Waals surface area contributed by atoms with Crippen LogP contribution >= 0.6 is 0 Å². The summed E-state index contributed by atoms with van der Waals surface area (Å²) in [5.41, 5.74) is 4.70. The highest BCUT2D eigenvalue weighted by Gasteiger charge is 2.29. The van der Waals surface area contributed by atoms with Gasteiger partial charge in [0.2, 0.25) is 5.88 Å². The van der Waals surface area contributed by atoms with Crippen LogP contribution in [0.15, 0.2) is 51.4 Å². The fraction of sp³-hybridized carbons (Fsp3) is 0.438. The lowest BCUT2D eigenvalue weighted by atomic mass is 9.77. The molecule has 6 rings (SSSR count). The number of hydrogen-bond donors (Lipinski definition) is 3. The molecular weight excluding hydrogens is 544 g/mol. The quantitative estimate of drug-likeness (QED) is 0.222. The lowest BCUT2D eigenvalue weighted by Gasteiger charge is -2.28. The number of benzene rings is 2. The topological polar surface area (TPSA) is 145 Å². The molecule has 4 aromatic rings. The third-order valence-electron chi connectivity index (χ3n) is 9.17. The number of azo groups is 1. The first-order valence-electron chi connectivity index (χ1n) is 15.1. The van der Waals surface area contributed by atoms with Crippen molar-refractivity contribution in [2.24, 2.45) is 10.2 Å². The molecule has 11 heteroatoms. The van der Waals surface area contributed by atoms with Crippen LogP contribution in [0.4, 0.5) is 11.4 Å². The molecule has 1 aliphatic heterocycles. The van der Waals surface area contributed by atoms with Crippen LogP contribution in [0, 0.1) is 20.8 Å². The van der Waals surface area contributed by atoms with Gasteiger partial charge in [0.25, 0.3) is 5.56 Å². The minimum absolute atomic E-state index is 0.0632. The van der Waals surface area contributed by atoms with Crippen molar-refractivity contribution in [2.45, 2.75) is 77.7 Å². The van der Waals surface area contributed by atoms with Crippen LogP contribution in [0.1, 0.15) is 84.0 Å². The second kappa shape index (κ2) is 12.1. The number of nitrogens with zero attached hydrogens (tertiary/aromatic N) is 7. The highest BCUT2D eigenvalue weighted by molar-refractivity contribution is 5.58. The molecule has 3 heterocycles. The number of likely N-dealkylation sites (tertiary alicyclic amines) is 1. The SMILES string of the molecule is Cc1ccc(-n2c(O)c(CN3CCCC3)c(C)c(N=Nc3cccc(C4CCCC(c5nn[nH]n5)C4)c3O)c2=O)cc1C. The Morgan fingerprint density at radius 2 is 1.77 bits per heavy atom. The molecule has 0 radical (unpaired) electrons. The monoisotopic (exact) mass is 582 g/mol. The van der Waals surface area contributed by atoms with Crippen LogP contribution in [-0.4, -0.2) is 53.4 Å². The third-order valence-corrected chi connectivity index (χ3v) is 9.17. The Bertz CT molecular complexity index is 1710. The molecule has 2 atom stereocenters. The number of H-pyrrole nitrogens is 1.